The molecule has 122 valence electrons. The van der Waals surface area contributed by atoms with Crippen molar-refractivity contribution in [2.75, 3.05) is 38.1 Å². The summed E-state index contributed by atoms with van der Waals surface area (Å²) in [6, 6.07) is 1.59. The number of anilines is 1. The van der Waals surface area contributed by atoms with Gasteiger partial charge in [0.05, 0.1) is 13.1 Å². The van der Waals surface area contributed by atoms with Gasteiger partial charge in [-0.3, -0.25) is 4.90 Å². The first-order chi connectivity index (χ1) is 10.5. The molecule has 0 unspecified atom stereocenters. The van der Waals surface area contributed by atoms with E-state index in [0.717, 1.165) is 19.6 Å². The van der Waals surface area contributed by atoms with E-state index in [1.807, 2.05) is 0 Å². The maximum atomic E-state index is 11.9. The first-order valence-electron chi connectivity index (χ1n) is 7.44. The number of nitrogens with zero attached hydrogens (tertiary/aromatic N) is 6. The van der Waals surface area contributed by atoms with Crippen LogP contribution in [0.2, 0.25) is 5.28 Å². The van der Waals surface area contributed by atoms with Crippen LogP contribution < -0.4 is 5.43 Å². The molecule has 0 bridgehead atoms. The van der Waals surface area contributed by atoms with Crippen LogP contribution in [0.3, 0.4) is 0 Å². The molecular formula is C13H22ClN7O. The maximum absolute atomic E-state index is 11.9. The van der Waals surface area contributed by atoms with E-state index in [1.54, 1.807) is 11.1 Å². The lowest BCUT2D eigenvalue weighted by atomic mass is 10.1. The van der Waals surface area contributed by atoms with Crippen molar-refractivity contribution in [2.45, 2.75) is 20.3 Å². The number of halogens is 1. The lowest BCUT2D eigenvalue weighted by Gasteiger charge is -2.34. The van der Waals surface area contributed by atoms with Gasteiger partial charge in [0.25, 0.3) is 0 Å². The summed E-state index contributed by atoms with van der Waals surface area (Å²) >= 11 is 5.67. The fourth-order valence-electron chi connectivity index (χ4n) is 2.13. The standard InChI is InChI=1S/C13H22ClN7O/c1-11(2)4-6-19-7-9-20(10-8-19)21(22)18-17-12-3-5-15-13(14)16-12/h3,5,11H,4,6-10H2,1-2H3,(H,15,16,17)/b21-18-. The van der Waals surface area contributed by atoms with Crippen LogP contribution in [-0.2, 0) is 0 Å². The highest BCUT2D eigenvalue weighted by molar-refractivity contribution is 6.28. The summed E-state index contributed by atoms with van der Waals surface area (Å²) in [6.07, 6.45) is 2.68. The molecule has 0 saturated carbocycles. The molecule has 1 aromatic rings. The summed E-state index contributed by atoms with van der Waals surface area (Å²) in [7, 11) is 0. The molecule has 9 heteroatoms. The van der Waals surface area contributed by atoms with E-state index < -0.39 is 0 Å². The largest absolute Gasteiger partial charge is 0.673 e. The monoisotopic (exact) mass is 327 g/mol. The van der Waals surface area contributed by atoms with E-state index in [4.69, 9.17) is 11.6 Å². The third kappa shape index (κ3) is 5.27. The lowest BCUT2D eigenvalue weighted by Crippen LogP contribution is -2.49. The van der Waals surface area contributed by atoms with Crippen LogP contribution >= 0.6 is 11.6 Å². The normalized spacial score (nSPS) is 17.1. The van der Waals surface area contributed by atoms with Crippen LogP contribution in [0, 0.1) is 11.1 Å². The van der Waals surface area contributed by atoms with Gasteiger partial charge >= 0.3 is 0 Å². The topological polar surface area (TPSA) is 82.7 Å². The van der Waals surface area contributed by atoms with Crippen LogP contribution in [0.1, 0.15) is 20.3 Å². The number of nitrogens with one attached hydrogen (secondary N) is 1. The molecule has 1 saturated heterocycles. The number of hydrazine groups is 1. The minimum atomic E-state index is 0.108. The van der Waals surface area contributed by atoms with Crippen LogP contribution in [0.25, 0.3) is 0 Å². The zero-order valence-corrected chi connectivity index (χ0v) is 13.7. The third-order valence-corrected chi connectivity index (χ3v) is 3.67. The highest BCUT2D eigenvalue weighted by atomic mass is 35.5. The van der Waals surface area contributed by atoms with Gasteiger partial charge in [0.15, 0.2) is 0 Å². The summed E-state index contributed by atoms with van der Waals surface area (Å²) in [4.78, 5) is 10.6. The Morgan fingerprint density at radius 3 is 2.77 bits per heavy atom. The Morgan fingerprint density at radius 1 is 1.41 bits per heavy atom. The van der Waals surface area contributed by atoms with E-state index in [-0.39, 0.29) is 5.28 Å². The van der Waals surface area contributed by atoms with Crippen LogP contribution in [0.4, 0.5) is 5.82 Å². The smallest absolute Gasteiger partial charge is 0.243 e. The number of piperazine rings is 1. The molecule has 2 heterocycles. The molecule has 1 N–H and O–H groups in total. The van der Waals surface area contributed by atoms with Crippen molar-refractivity contribution < 1.29 is 4.97 Å². The predicted octanol–water partition coefficient (Wildman–Crippen LogP) is 2.00. The summed E-state index contributed by atoms with van der Waals surface area (Å²) < 4.78 is 0. The van der Waals surface area contributed by atoms with Gasteiger partial charge in [-0.25, -0.2) is 9.99 Å². The fraction of sp³-hybridized carbons (Fsp3) is 0.692. The molecule has 0 amide bonds. The van der Waals surface area contributed by atoms with Crippen molar-refractivity contribution in [1.29, 1.82) is 0 Å². The molecule has 0 atom stereocenters. The molecule has 1 fully saturated rings. The zero-order valence-electron chi connectivity index (χ0n) is 12.9. The van der Waals surface area contributed by atoms with Crippen LogP contribution in [0.15, 0.2) is 17.5 Å². The van der Waals surface area contributed by atoms with Crippen LogP contribution in [-0.4, -0.2) is 57.6 Å². The summed E-state index contributed by atoms with van der Waals surface area (Å²) in [6.45, 7) is 8.60. The Labute approximate surface area is 135 Å². The van der Waals surface area contributed by atoms with Crippen molar-refractivity contribution in [3.05, 3.63) is 22.8 Å². The second kappa shape index (κ2) is 8.09. The second-order valence-corrected chi connectivity index (χ2v) is 5.99. The molecule has 2 rings (SSSR count). The SMILES string of the molecule is CC(C)CCN1CCN(/[N+]([O-])=N/Nc2ccnc(Cl)n2)CC1. The van der Waals surface area contributed by atoms with E-state index in [9.17, 15) is 5.21 Å². The average Bonchev–Trinajstić information content (AvgIpc) is 2.51. The molecule has 0 aliphatic carbocycles. The zero-order chi connectivity index (χ0) is 15.9. The number of hydrogen-bond donors (Lipinski definition) is 1. The molecule has 0 spiro atoms. The van der Waals surface area contributed by atoms with Crippen molar-refractivity contribution in [3.63, 3.8) is 0 Å². The average molecular weight is 328 g/mol. The van der Waals surface area contributed by atoms with Gasteiger partial charge in [-0.15, -0.1) is 5.43 Å². The van der Waals surface area contributed by atoms with E-state index in [0.29, 0.717) is 29.8 Å². The Hall–Kier alpha value is -1.67. The Balaban J connectivity index is 1.79. The van der Waals surface area contributed by atoms with Gasteiger partial charge in [0.2, 0.25) is 11.1 Å². The lowest BCUT2D eigenvalue weighted by molar-refractivity contribution is -0.694. The Kier molecular flexibility index (Phi) is 6.14. The molecule has 1 aliphatic heterocycles. The molecule has 0 radical (unpaired) electrons. The minimum absolute atomic E-state index is 0.108. The minimum Gasteiger partial charge on any atom is -0.673 e. The summed E-state index contributed by atoms with van der Waals surface area (Å²) in [5.74, 6) is 1.09. The molecule has 1 aliphatic rings. The second-order valence-electron chi connectivity index (χ2n) is 5.65. The van der Waals surface area contributed by atoms with E-state index >= 15 is 0 Å². The van der Waals surface area contributed by atoms with Gasteiger partial charge in [0.1, 0.15) is 5.22 Å². The first kappa shape index (κ1) is 16.7. The van der Waals surface area contributed by atoms with Crippen molar-refractivity contribution in [1.82, 2.24) is 19.9 Å². The number of aromatic nitrogens is 2. The first-order valence-corrected chi connectivity index (χ1v) is 7.82. The number of hydrogen-bond acceptors (Lipinski definition) is 5. The highest BCUT2D eigenvalue weighted by Crippen LogP contribution is 2.08. The van der Waals surface area contributed by atoms with Crippen LogP contribution in [0.5, 0.6) is 0 Å². The van der Waals surface area contributed by atoms with Crippen molar-refractivity contribution >= 4 is 17.4 Å². The van der Waals surface area contributed by atoms with Crippen molar-refractivity contribution in [3.8, 4) is 0 Å². The third-order valence-electron chi connectivity index (χ3n) is 3.49. The Morgan fingerprint density at radius 2 is 2.14 bits per heavy atom. The van der Waals surface area contributed by atoms with Gasteiger partial charge < -0.3 is 5.21 Å². The predicted molar refractivity (Wildman–Crippen MR) is 84.2 cm³/mol. The fourth-order valence-corrected chi connectivity index (χ4v) is 2.27. The quantitative estimate of drug-likeness (QED) is 0.372. The molecule has 8 nitrogen and oxygen atoms in total. The van der Waals surface area contributed by atoms with Crippen molar-refractivity contribution in [2.24, 2.45) is 11.1 Å². The Bertz CT molecular complexity index is 503. The molecule has 22 heavy (non-hydrogen) atoms. The molecular weight excluding hydrogens is 306 g/mol. The number of rotatable bonds is 6. The molecule has 0 aromatic carbocycles. The van der Waals surface area contributed by atoms with Gasteiger partial charge in [-0.2, -0.15) is 4.98 Å². The maximum Gasteiger partial charge on any atom is 0.243 e. The summed E-state index contributed by atoms with van der Waals surface area (Å²) in [5, 5.41) is 17.5. The summed E-state index contributed by atoms with van der Waals surface area (Å²) in [5.41, 5.74) is 2.58. The van der Waals surface area contributed by atoms with Gasteiger partial charge in [-0.05, 0) is 30.5 Å². The van der Waals surface area contributed by atoms with E-state index in [2.05, 4.69) is 39.4 Å². The molecule has 1 aromatic heterocycles. The van der Waals surface area contributed by atoms with Gasteiger partial charge in [-0.1, -0.05) is 18.8 Å². The van der Waals surface area contributed by atoms with Gasteiger partial charge in [0, 0.05) is 25.4 Å². The highest BCUT2D eigenvalue weighted by Gasteiger charge is 2.19. The van der Waals surface area contributed by atoms with E-state index in [1.165, 1.54) is 12.6 Å².